The van der Waals surface area contributed by atoms with E-state index in [1.807, 2.05) is 0 Å². The summed E-state index contributed by atoms with van der Waals surface area (Å²) in [6.45, 7) is 1.12. The highest BCUT2D eigenvalue weighted by Gasteiger charge is 2.25. The summed E-state index contributed by atoms with van der Waals surface area (Å²) in [5.41, 5.74) is 0.432. The minimum absolute atomic E-state index is 0.0865. The van der Waals surface area contributed by atoms with Crippen LogP contribution in [0.5, 0.6) is 0 Å². The van der Waals surface area contributed by atoms with Crippen LogP contribution in [0.2, 0.25) is 0 Å². The normalized spacial score (nSPS) is 12.6. The van der Waals surface area contributed by atoms with E-state index in [1.165, 1.54) is 12.3 Å². The van der Waals surface area contributed by atoms with Gasteiger partial charge >= 0.3 is 0 Å². The fourth-order valence-electron chi connectivity index (χ4n) is 1.57. The number of aromatic nitrogens is 1. The lowest BCUT2D eigenvalue weighted by atomic mass is 10.4. The molecule has 0 saturated carbocycles. The molecule has 0 atom stereocenters. The van der Waals surface area contributed by atoms with Gasteiger partial charge < -0.3 is 9.67 Å². The largest absolute Gasteiger partial charge is 0.390 e. The third-order valence-electron chi connectivity index (χ3n) is 2.57. The summed E-state index contributed by atoms with van der Waals surface area (Å²) >= 11 is 0. The molecule has 0 fully saturated rings. The molecule has 0 aromatic carbocycles. The molecule has 5 nitrogen and oxygen atoms in total. The first-order valence-corrected chi connectivity index (χ1v) is 6.81. The second-order valence-electron chi connectivity index (χ2n) is 3.79. The van der Waals surface area contributed by atoms with Gasteiger partial charge in [0.25, 0.3) is 6.43 Å². The van der Waals surface area contributed by atoms with Crippen LogP contribution in [-0.4, -0.2) is 42.4 Å². The van der Waals surface area contributed by atoms with Crippen molar-refractivity contribution >= 4 is 10.0 Å². The molecule has 0 bridgehead atoms. The fraction of sp³-hybridized carbons (Fsp3) is 0.600. The van der Waals surface area contributed by atoms with E-state index in [4.69, 9.17) is 5.11 Å². The molecule has 1 N–H and O–H groups in total. The maximum absolute atomic E-state index is 12.2. The summed E-state index contributed by atoms with van der Waals surface area (Å²) in [6, 6.07) is 1.29. The molecule has 0 radical (unpaired) electrons. The highest BCUT2D eigenvalue weighted by atomic mass is 32.2. The third-order valence-corrected chi connectivity index (χ3v) is 4.36. The van der Waals surface area contributed by atoms with Crippen LogP contribution in [0, 0.1) is 0 Å². The SMILES string of the molecule is CCn1cc(S(=O)(=O)N(C)CC(F)F)cc1CO. The van der Waals surface area contributed by atoms with Gasteiger partial charge in [-0.2, -0.15) is 4.31 Å². The number of aliphatic hydroxyl groups excluding tert-OH is 1. The van der Waals surface area contributed by atoms with Crippen LogP contribution in [0.1, 0.15) is 12.6 Å². The van der Waals surface area contributed by atoms with E-state index in [9.17, 15) is 17.2 Å². The van der Waals surface area contributed by atoms with E-state index < -0.39 is 23.0 Å². The first kappa shape index (κ1) is 15.1. The first-order valence-electron chi connectivity index (χ1n) is 5.37. The Bertz CT molecular complexity index is 478. The Morgan fingerprint density at radius 2 is 2.11 bits per heavy atom. The topological polar surface area (TPSA) is 62.5 Å². The van der Waals surface area contributed by atoms with Gasteiger partial charge in [0.1, 0.15) is 4.90 Å². The Labute approximate surface area is 105 Å². The summed E-state index contributed by atoms with van der Waals surface area (Å²) < 4.78 is 50.5. The highest BCUT2D eigenvalue weighted by molar-refractivity contribution is 7.89. The van der Waals surface area contributed by atoms with Gasteiger partial charge in [0, 0.05) is 25.5 Å². The van der Waals surface area contributed by atoms with E-state index >= 15 is 0 Å². The molecule has 18 heavy (non-hydrogen) atoms. The number of aliphatic hydroxyl groups is 1. The Morgan fingerprint density at radius 1 is 1.50 bits per heavy atom. The summed E-state index contributed by atoms with van der Waals surface area (Å²) in [7, 11) is -2.83. The maximum Gasteiger partial charge on any atom is 0.252 e. The molecule has 1 aromatic rings. The minimum atomic E-state index is -3.93. The van der Waals surface area contributed by atoms with Gasteiger partial charge in [0.15, 0.2) is 0 Å². The second-order valence-corrected chi connectivity index (χ2v) is 5.83. The Hall–Kier alpha value is -0.990. The van der Waals surface area contributed by atoms with Gasteiger partial charge in [-0.3, -0.25) is 0 Å². The summed E-state index contributed by atoms with van der Waals surface area (Å²) in [5, 5.41) is 9.06. The minimum Gasteiger partial charge on any atom is -0.390 e. The zero-order chi connectivity index (χ0) is 13.9. The molecule has 8 heteroatoms. The molecular formula is C10H16F2N2O3S. The lowest BCUT2D eigenvalue weighted by molar-refractivity contribution is 0.126. The quantitative estimate of drug-likeness (QED) is 0.842. The standard InChI is InChI=1S/C10H16F2N2O3S/c1-3-14-5-9(4-8(14)7-15)18(16,17)13(2)6-10(11)12/h4-5,10,15H,3,6-7H2,1-2H3. The van der Waals surface area contributed by atoms with Crippen molar-refractivity contribution < 1.29 is 22.3 Å². The van der Waals surface area contributed by atoms with Gasteiger partial charge in [0.2, 0.25) is 10.0 Å². The van der Waals surface area contributed by atoms with Crippen LogP contribution < -0.4 is 0 Å². The van der Waals surface area contributed by atoms with Gasteiger partial charge in [-0.25, -0.2) is 17.2 Å². The van der Waals surface area contributed by atoms with E-state index in [2.05, 4.69) is 0 Å². The van der Waals surface area contributed by atoms with Crippen LogP contribution in [0.3, 0.4) is 0 Å². The van der Waals surface area contributed by atoms with Gasteiger partial charge in [-0.15, -0.1) is 0 Å². The lowest BCUT2D eigenvalue weighted by Gasteiger charge is -2.15. The zero-order valence-electron chi connectivity index (χ0n) is 10.2. The average molecular weight is 282 g/mol. The predicted molar refractivity (Wildman–Crippen MR) is 61.8 cm³/mol. The summed E-state index contributed by atoms with van der Waals surface area (Å²) in [4.78, 5) is -0.0865. The molecule has 1 heterocycles. The predicted octanol–water partition coefficient (Wildman–Crippen LogP) is 0.886. The third kappa shape index (κ3) is 3.06. The second kappa shape index (κ2) is 5.77. The van der Waals surface area contributed by atoms with Crippen molar-refractivity contribution in [3.63, 3.8) is 0 Å². The monoisotopic (exact) mass is 282 g/mol. The van der Waals surface area contributed by atoms with Crippen molar-refractivity contribution in [1.82, 2.24) is 8.87 Å². The number of alkyl halides is 2. The molecule has 0 unspecified atom stereocenters. The highest BCUT2D eigenvalue weighted by Crippen LogP contribution is 2.19. The molecule has 0 aliphatic carbocycles. The van der Waals surface area contributed by atoms with E-state index in [1.54, 1.807) is 11.5 Å². The van der Waals surface area contributed by atoms with Crippen LogP contribution in [-0.2, 0) is 23.2 Å². The van der Waals surface area contributed by atoms with Crippen molar-refractivity contribution in [2.45, 2.75) is 31.4 Å². The zero-order valence-corrected chi connectivity index (χ0v) is 11.0. The molecule has 1 rings (SSSR count). The van der Waals surface area contributed by atoms with Gasteiger partial charge in [0.05, 0.1) is 13.2 Å². The van der Waals surface area contributed by atoms with E-state index in [-0.39, 0.29) is 11.5 Å². The van der Waals surface area contributed by atoms with Crippen LogP contribution >= 0.6 is 0 Å². The Balaban J connectivity index is 3.08. The number of hydrogen-bond acceptors (Lipinski definition) is 3. The number of aryl methyl sites for hydroxylation is 1. The van der Waals surface area contributed by atoms with Gasteiger partial charge in [-0.05, 0) is 13.0 Å². The van der Waals surface area contributed by atoms with E-state index in [0.29, 0.717) is 16.5 Å². The first-order chi connectivity index (χ1) is 8.32. The van der Waals surface area contributed by atoms with Crippen LogP contribution in [0.25, 0.3) is 0 Å². The number of sulfonamides is 1. The molecule has 0 saturated heterocycles. The number of halogens is 2. The smallest absolute Gasteiger partial charge is 0.252 e. The Morgan fingerprint density at radius 3 is 2.50 bits per heavy atom. The number of rotatable bonds is 6. The van der Waals surface area contributed by atoms with Crippen LogP contribution in [0.4, 0.5) is 8.78 Å². The Kier molecular flexibility index (Phi) is 4.83. The molecule has 0 spiro atoms. The molecule has 0 aliphatic rings. The van der Waals surface area contributed by atoms with E-state index in [0.717, 1.165) is 7.05 Å². The summed E-state index contributed by atoms with van der Waals surface area (Å²) in [6.07, 6.45) is -1.39. The number of hydrogen-bond donors (Lipinski definition) is 1. The molecule has 0 aliphatic heterocycles. The lowest BCUT2D eigenvalue weighted by Crippen LogP contribution is -2.31. The molecule has 1 aromatic heterocycles. The van der Waals surface area contributed by atoms with Crippen molar-refractivity contribution in [2.24, 2.45) is 0 Å². The maximum atomic E-state index is 12.2. The molecule has 104 valence electrons. The molecule has 0 amide bonds. The number of nitrogens with zero attached hydrogens (tertiary/aromatic N) is 2. The average Bonchev–Trinajstić information content (AvgIpc) is 2.71. The van der Waals surface area contributed by atoms with Gasteiger partial charge in [-0.1, -0.05) is 0 Å². The van der Waals surface area contributed by atoms with Crippen molar-refractivity contribution in [2.75, 3.05) is 13.6 Å². The fourth-order valence-corrected chi connectivity index (χ4v) is 2.78. The van der Waals surface area contributed by atoms with Crippen molar-refractivity contribution in [3.05, 3.63) is 18.0 Å². The van der Waals surface area contributed by atoms with Crippen LogP contribution in [0.15, 0.2) is 17.2 Å². The molecular weight excluding hydrogens is 266 g/mol. The summed E-state index contributed by atoms with van der Waals surface area (Å²) in [5.74, 6) is 0. The van der Waals surface area contributed by atoms with Crippen molar-refractivity contribution in [3.8, 4) is 0 Å². The van der Waals surface area contributed by atoms with Crippen molar-refractivity contribution in [1.29, 1.82) is 0 Å².